The van der Waals surface area contributed by atoms with Gasteiger partial charge in [0.05, 0.1) is 7.05 Å². The number of benzene rings is 5. The van der Waals surface area contributed by atoms with Crippen molar-refractivity contribution in [1.29, 1.82) is 0 Å². The molecule has 2 nitrogen and oxygen atoms in total. The minimum absolute atomic E-state index is 0.0270. The quantitative estimate of drug-likeness (QED) is 0.291. The van der Waals surface area contributed by atoms with E-state index in [-0.39, 0.29) is 6.04 Å². The Bertz CT molecular complexity index is 1510. The van der Waals surface area contributed by atoms with E-state index in [4.69, 9.17) is 0 Å². The molecule has 0 saturated heterocycles. The Hall–Kier alpha value is -3.46. The molecular formula is C32H30NO+. The molecule has 0 saturated carbocycles. The van der Waals surface area contributed by atoms with E-state index in [1.807, 2.05) is 30.3 Å². The van der Waals surface area contributed by atoms with Gasteiger partial charge < -0.3 is 9.59 Å². The predicted molar refractivity (Wildman–Crippen MR) is 141 cm³/mol. The molecule has 34 heavy (non-hydrogen) atoms. The van der Waals surface area contributed by atoms with E-state index in [0.29, 0.717) is 0 Å². The van der Waals surface area contributed by atoms with Gasteiger partial charge in [0.15, 0.2) is 0 Å². The summed E-state index contributed by atoms with van der Waals surface area (Å²) in [6, 6.07) is 36.8. The molecule has 0 bridgehead atoms. The fourth-order valence-electron chi connectivity index (χ4n) is 5.81. The molecule has 0 fully saturated rings. The Morgan fingerprint density at radius 1 is 0.676 bits per heavy atom. The molecule has 168 valence electrons. The van der Waals surface area contributed by atoms with Crippen molar-refractivity contribution in [3.8, 4) is 11.1 Å². The van der Waals surface area contributed by atoms with Crippen LogP contribution in [0.15, 0.2) is 103 Å². The van der Waals surface area contributed by atoms with Gasteiger partial charge >= 0.3 is 0 Å². The maximum atomic E-state index is 11.4. The molecular weight excluding hydrogens is 414 g/mol. The molecule has 1 aliphatic rings. The SMILES string of the molecule is C[C@H]([C@@H](O)c1ccccc1)[N+]1(C)Cc2cc3ccccc3cc2-c2c(ccc3ccccc23)C1. The summed E-state index contributed by atoms with van der Waals surface area (Å²) in [5, 5.41) is 16.5. The predicted octanol–water partition coefficient (Wildman–Crippen LogP) is 7.24. The van der Waals surface area contributed by atoms with Crippen LogP contribution in [0.1, 0.15) is 29.7 Å². The smallest absolute Gasteiger partial charge is 0.130 e. The van der Waals surface area contributed by atoms with Gasteiger partial charge in [-0.15, -0.1) is 0 Å². The number of nitrogens with zero attached hydrogens (tertiary/aromatic N) is 1. The minimum atomic E-state index is -0.530. The molecule has 0 radical (unpaired) electrons. The highest BCUT2D eigenvalue weighted by Gasteiger charge is 2.39. The Kier molecular flexibility index (Phi) is 5.02. The number of hydrogen-bond donors (Lipinski definition) is 1. The first kappa shape index (κ1) is 21.1. The van der Waals surface area contributed by atoms with Gasteiger partial charge in [-0.1, -0.05) is 91.0 Å². The lowest BCUT2D eigenvalue weighted by molar-refractivity contribution is -0.960. The standard InChI is InChI=1S/C32H30NO/c1-22(32(34)24-11-4-3-5-12-24)33(2)20-27-17-16-23-10-8-9-15-29(23)31(27)30-19-26-14-7-6-13-25(26)18-28(30)21-33/h3-19,22,32,34H,20-21H2,1-2H3/q+1/t22-,32-,33?/m1/s1. The first-order chi connectivity index (χ1) is 16.5. The van der Waals surface area contributed by atoms with E-state index in [1.54, 1.807) is 0 Å². The fraction of sp³-hybridized carbons (Fsp3) is 0.188. The van der Waals surface area contributed by atoms with Crippen molar-refractivity contribution >= 4 is 21.5 Å². The summed E-state index contributed by atoms with van der Waals surface area (Å²) in [5.74, 6) is 0. The lowest BCUT2D eigenvalue weighted by Crippen LogP contribution is -2.51. The summed E-state index contributed by atoms with van der Waals surface area (Å²) >= 11 is 0. The van der Waals surface area contributed by atoms with Crippen LogP contribution in [0.25, 0.3) is 32.7 Å². The van der Waals surface area contributed by atoms with Crippen molar-refractivity contribution in [3.63, 3.8) is 0 Å². The van der Waals surface area contributed by atoms with E-state index in [0.717, 1.165) is 23.1 Å². The van der Waals surface area contributed by atoms with Crippen molar-refractivity contribution in [2.24, 2.45) is 0 Å². The molecule has 5 aromatic rings. The van der Waals surface area contributed by atoms with E-state index < -0.39 is 6.10 Å². The number of aliphatic hydroxyl groups is 1. The van der Waals surface area contributed by atoms with Gasteiger partial charge in [-0.05, 0) is 57.3 Å². The Labute approximate surface area is 201 Å². The summed E-state index contributed by atoms with van der Waals surface area (Å²) in [5.41, 5.74) is 6.36. The van der Waals surface area contributed by atoms with E-state index in [1.165, 1.54) is 43.8 Å². The van der Waals surface area contributed by atoms with Gasteiger partial charge in [-0.2, -0.15) is 0 Å². The average molecular weight is 445 g/mol. The summed E-state index contributed by atoms with van der Waals surface area (Å²) in [6.45, 7) is 3.94. The zero-order chi connectivity index (χ0) is 23.3. The molecule has 0 spiro atoms. The minimum Gasteiger partial charge on any atom is -0.382 e. The third-order valence-electron chi connectivity index (χ3n) is 7.90. The fourth-order valence-corrected chi connectivity index (χ4v) is 5.81. The molecule has 0 amide bonds. The Morgan fingerprint density at radius 2 is 1.29 bits per heavy atom. The Morgan fingerprint density at radius 3 is 2.06 bits per heavy atom. The molecule has 0 aliphatic carbocycles. The van der Waals surface area contributed by atoms with Crippen LogP contribution < -0.4 is 0 Å². The molecule has 2 heteroatoms. The third-order valence-corrected chi connectivity index (χ3v) is 7.90. The highest BCUT2D eigenvalue weighted by atomic mass is 16.3. The number of aliphatic hydroxyl groups excluding tert-OH is 1. The second-order valence-electron chi connectivity index (χ2n) is 10.1. The van der Waals surface area contributed by atoms with Crippen LogP contribution in [0.4, 0.5) is 0 Å². The number of quaternary nitrogens is 1. The van der Waals surface area contributed by atoms with Gasteiger partial charge in [-0.3, -0.25) is 0 Å². The van der Waals surface area contributed by atoms with Gasteiger partial charge in [-0.25, -0.2) is 0 Å². The van der Waals surface area contributed by atoms with Crippen molar-refractivity contribution in [3.05, 3.63) is 120 Å². The van der Waals surface area contributed by atoms with Gasteiger partial charge in [0.25, 0.3) is 0 Å². The van der Waals surface area contributed by atoms with Crippen molar-refractivity contribution in [1.82, 2.24) is 0 Å². The average Bonchev–Trinajstić information content (AvgIpc) is 3.00. The summed E-state index contributed by atoms with van der Waals surface area (Å²) in [6.07, 6.45) is -0.530. The van der Waals surface area contributed by atoms with Crippen molar-refractivity contribution < 1.29 is 9.59 Å². The monoisotopic (exact) mass is 444 g/mol. The van der Waals surface area contributed by atoms with Crippen LogP contribution in [0.2, 0.25) is 0 Å². The largest absolute Gasteiger partial charge is 0.382 e. The number of rotatable bonds is 3. The Balaban J connectivity index is 1.58. The van der Waals surface area contributed by atoms with Crippen LogP contribution in [0.5, 0.6) is 0 Å². The number of likely N-dealkylation sites (N-methyl/N-ethyl adjacent to an activating group) is 1. The van der Waals surface area contributed by atoms with Crippen LogP contribution in [0.3, 0.4) is 0 Å². The summed E-state index contributed by atoms with van der Waals surface area (Å²) in [7, 11) is 2.31. The zero-order valence-electron chi connectivity index (χ0n) is 19.8. The van der Waals surface area contributed by atoms with Gasteiger partial charge in [0, 0.05) is 11.1 Å². The lowest BCUT2D eigenvalue weighted by Gasteiger charge is -2.42. The van der Waals surface area contributed by atoms with E-state index >= 15 is 0 Å². The molecule has 6 rings (SSSR count). The van der Waals surface area contributed by atoms with Crippen LogP contribution >= 0.6 is 0 Å². The second-order valence-corrected chi connectivity index (χ2v) is 10.1. The molecule has 0 aromatic heterocycles. The van der Waals surface area contributed by atoms with E-state index in [2.05, 4.69) is 86.8 Å². The molecule has 5 aromatic carbocycles. The highest BCUT2D eigenvalue weighted by molar-refractivity contribution is 6.01. The lowest BCUT2D eigenvalue weighted by atomic mass is 9.90. The van der Waals surface area contributed by atoms with Crippen LogP contribution in [0, 0.1) is 0 Å². The second kappa shape index (κ2) is 8.09. The van der Waals surface area contributed by atoms with Gasteiger partial charge in [0.1, 0.15) is 25.2 Å². The molecule has 3 atom stereocenters. The first-order valence-electron chi connectivity index (χ1n) is 12.1. The van der Waals surface area contributed by atoms with Crippen LogP contribution in [-0.2, 0) is 13.1 Å². The number of fused-ring (bicyclic) bond motifs is 6. The molecule has 1 N–H and O–H groups in total. The summed E-state index contributed by atoms with van der Waals surface area (Å²) in [4.78, 5) is 0. The highest BCUT2D eigenvalue weighted by Crippen LogP contribution is 2.43. The summed E-state index contributed by atoms with van der Waals surface area (Å²) < 4.78 is 0.743. The van der Waals surface area contributed by atoms with E-state index in [9.17, 15) is 5.11 Å². The van der Waals surface area contributed by atoms with Crippen molar-refractivity contribution in [2.45, 2.75) is 32.2 Å². The molecule has 1 unspecified atom stereocenters. The molecule has 1 heterocycles. The normalized spacial score (nSPS) is 19.3. The van der Waals surface area contributed by atoms with Crippen molar-refractivity contribution in [2.75, 3.05) is 7.05 Å². The molecule has 1 aliphatic heterocycles. The zero-order valence-corrected chi connectivity index (χ0v) is 19.8. The topological polar surface area (TPSA) is 20.2 Å². The van der Waals surface area contributed by atoms with Crippen LogP contribution in [-0.4, -0.2) is 22.7 Å². The van der Waals surface area contributed by atoms with Gasteiger partial charge in [0.2, 0.25) is 0 Å². The first-order valence-corrected chi connectivity index (χ1v) is 12.1. The third kappa shape index (κ3) is 3.42. The maximum absolute atomic E-state index is 11.4. The maximum Gasteiger partial charge on any atom is 0.130 e. The number of hydrogen-bond acceptors (Lipinski definition) is 1.